The number of halogens is 3. The lowest BCUT2D eigenvalue weighted by Gasteiger charge is -2.05. The Morgan fingerprint density at radius 2 is 2.07 bits per heavy atom. The second-order valence-electron chi connectivity index (χ2n) is 2.55. The van der Waals surface area contributed by atoms with Crippen LogP contribution in [-0.4, -0.2) is 27.8 Å². The summed E-state index contributed by atoms with van der Waals surface area (Å²) in [5, 5.41) is 16.6. The van der Waals surface area contributed by atoms with Crippen LogP contribution in [0.25, 0.3) is 0 Å². The van der Waals surface area contributed by atoms with Gasteiger partial charge in [0.2, 0.25) is 0 Å². The molecule has 0 aromatic carbocycles. The molecule has 15 heavy (non-hydrogen) atoms. The molecule has 0 saturated carbocycles. The number of hydrogen-bond acceptors (Lipinski definition) is 4. The summed E-state index contributed by atoms with van der Waals surface area (Å²) in [6.07, 6.45) is -4.54. The average Bonchev–Trinajstić information content (AvgIpc) is 2.14. The van der Waals surface area contributed by atoms with Crippen molar-refractivity contribution in [1.82, 2.24) is 10.2 Å². The van der Waals surface area contributed by atoms with Crippen LogP contribution in [0.2, 0.25) is 0 Å². The van der Waals surface area contributed by atoms with Gasteiger partial charge in [0.15, 0.2) is 5.69 Å². The molecule has 0 atom stereocenters. The molecule has 0 bridgehead atoms. The van der Waals surface area contributed by atoms with E-state index >= 15 is 0 Å². The summed E-state index contributed by atoms with van der Waals surface area (Å²) in [6, 6.07) is 1.73. The zero-order valence-electron chi connectivity index (χ0n) is 7.25. The van der Waals surface area contributed by atoms with E-state index in [2.05, 4.69) is 15.5 Å². The molecule has 1 rings (SSSR count). The lowest BCUT2D eigenvalue weighted by atomic mass is 10.4. The maximum Gasteiger partial charge on any atom is 0.435 e. The number of nitrogens with one attached hydrogen (secondary N) is 1. The van der Waals surface area contributed by atoms with Crippen LogP contribution in [0.4, 0.5) is 19.0 Å². The van der Waals surface area contributed by atoms with E-state index in [1.165, 1.54) is 0 Å². The number of hydrogen-bond donors (Lipinski definition) is 2. The van der Waals surface area contributed by atoms with Crippen molar-refractivity contribution in [3.63, 3.8) is 0 Å². The fraction of sp³-hybridized carbons (Fsp3) is 0.286. The third-order valence-electron chi connectivity index (χ3n) is 1.38. The van der Waals surface area contributed by atoms with Crippen molar-refractivity contribution < 1.29 is 23.1 Å². The number of carboxylic acid groups (broad SMARTS) is 1. The Hall–Kier alpha value is -1.86. The molecule has 0 spiro atoms. The lowest BCUT2D eigenvalue weighted by molar-refractivity contribution is -0.141. The third kappa shape index (κ3) is 3.41. The highest BCUT2D eigenvalue weighted by Crippen LogP contribution is 2.26. The Morgan fingerprint density at radius 3 is 2.47 bits per heavy atom. The number of aliphatic carboxylic acids is 1. The van der Waals surface area contributed by atoms with Gasteiger partial charge in [-0.2, -0.15) is 13.2 Å². The van der Waals surface area contributed by atoms with Crippen LogP contribution < -0.4 is 5.32 Å². The maximum atomic E-state index is 12.0. The van der Waals surface area contributed by atoms with Crippen molar-refractivity contribution in [3.8, 4) is 0 Å². The molecule has 8 heteroatoms. The highest BCUT2D eigenvalue weighted by Gasteiger charge is 2.32. The SMILES string of the molecule is O=C(O)CNc1ccc(C(F)(F)F)nn1. The van der Waals surface area contributed by atoms with Crippen molar-refractivity contribution in [2.24, 2.45) is 0 Å². The van der Waals surface area contributed by atoms with Gasteiger partial charge in [-0.05, 0) is 12.1 Å². The fourth-order valence-corrected chi connectivity index (χ4v) is 0.744. The van der Waals surface area contributed by atoms with Crippen molar-refractivity contribution in [3.05, 3.63) is 17.8 Å². The maximum absolute atomic E-state index is 12.0. The Bertz CT molecular complexity index is 349. The normalized spacial score (nSPS) is 11.1. The van der Waals surface area contributed by atoms with Gasteiger partial charge in [-0.3, -0.25) is 4.79 Å². The molecule has 0 fully saturated rings. The van der Waals surface area contributed by atoms with Gasteiger partial charge < -0.3 is 10.4 Å². The standard InChI is InChI=1S/C7H6F3N3O2/c8-7(9,10)4-1-2-5(13-12-4)11-3-6(14)15/h1-2H,3H2,(H,11,13)(H,14,15). The minimum absolute atomic E-state index is 0.0228. The van der Waals surface area contributed by atoms with Gasteiger partial charge in [-0.1, -0.05) is 0 Å². The molecule has 5 nitrogen and oxygen atoms in total. The van der Waals surface area contributed by atoms with Gasteiger partial charge in [0.1, 0.15) is 12.4 Å². The van der Waals surface area contributed by atoms with E-state index in [0.29, 0.717) is 0 Å². The number of carboxylic acids is 1. The summed E-state index contributed by atoms with van der Waals surface area (Å²) in [6.45, 7) is -0.431. The van der Waals surface area contributed by atoms with Crippen LogP contribution in [0.15, 0.2) is 12.1 Å². The van der Waals surface area contributed by atoms with Gasteiger partial charge >= 0.3 is 12.1 Å². The predicted molar refractivity (Wildman–Crippen MR) is 43.2 cm³/mol. The smallest absolute Gasteiger partial charge is 0.435 e. The molecule has 1 aromatic rings. The number of rotatable bonds is 3. The molecule has 0 amide bonds. The molecule has 0 radical (unpaired) electrons. The molecule has 1 heterocycles. The van der Waals surface area contributed by atoms with E-state index in [4.69, 9.17) is 5.11 Å². The largest absolute Gasteiger partial charge is 0.480 e. The zero-order chi connectivity index (χ0) is 11.5. The van der Waals surface area contributed by atoms with E-state index < -0.39 is 24.4 Å². The number of nitrogens with zero attached hydrogens (tertiary/aromatic N) is 2. The molecule has 1 aromatic heterocycles. The van der Waals surface area contributed by atoms with E-state index in [1.807, 2.05) is 0 Å². The average molecular weight is 221 g/mol. The highest BCUT2D eigenvalue weighted by atomic mass is 19.4. The summed E-state index contributed by atoms with van der Waals surface area (Å²) in [5.74, 6) is -1.16. The summed E-state index contributed by atoms with van der Waals surface area (Å²) in [4.78, 5) is 10.1. The molecule has 82 valence electrons. The van der Waals surface area contributed by atoms with Crippen molar-refractivity contribution in [2.75, 3.05) is 11.9 Å². The Labute approximate surface area is 81.9 Å². The van der Waals surface area contributed by atoms with Gasteiger partial charge in [-0.25, -0.2) is 0 Å². The topological polar surface area (TPSA) is 75.1 Å². The zero-order valence-corrected chi connectivity index (χ0v) is 7.25. The Balaban J connectivity index is 2.69. The van der Waals surface area contributed by atoms with Crippen LogP contribution in [0.1, 0.15) is 5.69 Å². The number of carbonyl (C=O) groups is 1. The van der Waals surface area contributed by atoms with Crippen molar-refractivity contribution >= 4 is 11.8 Å². The van der Waals surface area contributed by atoms with E-state index in [1.54, 1.807) is 0 Å². The summed E-state index contributed by atoms with van der Waals surface area (Å²) < 4.78 is 36.0. The quantitative estimate of drug-likeness (QED) is 0.796. The number of anilines is 1. The second-order valence-corrected chi connectivity index (χ2v) is 2.55. The molecule has 0 saturated heterocycles. The van der Waals surface area contributed by atoms with E-state index in [9.17, 15) is 18.0 Å². The first-order chi connectivity index (χ1) is 6.89. The number of aromatic nitrogens is 2. The molecular weight excluding hydrogens is 215 g/mol. The van der Waals surface area contributed by atoms with Crippen LogP contribution in [0.5, 0.6) is 0 Å². The minimum atomic E-state index is -4.54. The molecule has 0 aliphatic heterocycles. The monoisotopic (exact) mass is 221 g/mol. The molecule has 0 aliphatic rings. The van der Waals surface area contributed by atoms with Crippen LogP contribution in [0.3, 0.4) is 0 Å². The van der Waals surface area contributed by atoms with Crippen LogP contribution in [0, 0.1) is 0 Å². The predicted octanol–water partition coefficient (Wildman–Crippen LogP) is 0.992. The van der Waals surface area contributed by atoms with Gasteiger partial charge in [0.05, 0.1) is 0 Å². The summed E-state index contributed by atoms with van der Waals surface area (Å²) >= 11 is 0. The summed E-state index contributed by atoms with van der Waals surface area (Å²) in [7, 11) is 0. The van der Waals surface area contributed by atoms with E-state index in [0.717, 1.165) is 12.1 Å². The van der Waals surface area contributed by atoms with Crippen molar-refractivity contribution in [1.29, 1.82) is 0 Å². The lowest BCUT2D eigenvalue weighted by Crippen LogP contribution is -2.15. The Kier molecular flexibility index (Phi) is 3.08. The first-order valence-corrected chi connectivity index (χ1v) is 3.76. The van der Waals surface area contributed by atoms with Gasteiger partial charge in [-0.15, -0.1) is 10.2 Å². The molecule has 2 N–H and O–H groups in total. The van der Waals surface area contributed by atoms with Gasteiger partial charge in [0.25, 0.3) is 0 Å². The van der Waals surface area contributed by atoms with Gasteiger partial charge in [0, 0.05) is 0 Å². The Morgan fingerprint density at radius 1 is 1.40 bits per heavy atom. The minimum Gasteiger partial charge on any atom is -0.480 e. The molecule has 0 aliphatic carbocycles. The first kappa shape index (κ1) is 11.2. The molecular formula is C7H6F3N3O2. The number of alkyl halides is 3. The summed E-state index contributed by atoms with van der Waals surface area (Å²) in [5.41, 5.74) is -1.12. The van der Waals surface area contributed by atoms with Crippen molar-refractivity contribution in [2.45, 2.75) is 6.18 Å². The van der Waals surface area contributed by atoms with Crippen LogP contribution >= 0.6 is 0 Å². The fourth-order valence-electron chi connectivity index (χ4n) is 0.744. The van der Waals surface area contributed by atoms with E-state index in [-0.39, 0.29) is 5.82 Å². The highest BCUT2D eigenvalue weighted by molar-refractivity contribution is 5.72. The first-order valence-electron chi connectivity index (χ1n) is 3.76. The second kappa shape index (κ2) is 4.11. The molecule has 0 unspecified atom stereocenters. The van der Waals surface area contributed by atoms with Crippen LogP contribution in [-0.2, 0) is 11.0 Å². The third-order valence-corrected chi connectivity index (χ3v) is 1.38.